The second kappa shape index (κ2) is 8.20. The summed E-state index contributed by atoms with van der Waals surface area (Å²) < 4.78 is 65.0. The number of halogens is 4. The fourth-order valence-electron chi connectivity index (χ4n) is 3.76. The van der Waals surface area contributed by atoms with Crippen LogP contribution in [0.4, 0.5) is 8.78 Å². The fraction of sp³-hybridized carbons (Fsp3) is 0.368. The van der Waals surface area contributed by atoms with Crippen molar-refractivity contribution in [3.63, 3.8) is 0 Å². The summed E-state index contributed by atoms with van der Waals surface area (Å²) in [5, 5.41) is -0.457. The van der Waals surface area contributed by atoms with Gasteiger partial charge < -0.3 is 19.2 Å². The van der Waals surface area contributed by atoms with Crippen molar-refractivity contribution in [2.75, 3.05) is 24.7 Å². The first-order valence-electron chi connectivity index (χ1n) is 9.17. The van der Waals surface area contributed by atoms with Crippen molar-refractivity contribution in [1.29, 1.82) is 0 Å². The Hall–Kier alpha value is -2.37. The van der Waals surface area contributed by atoms with E-state index in [1.807, 2.05) is 0 Å². The molecule has 0 radical (unpaired) electrons. The number of alkyl halides is 2. The number of hydrogen-bond donors (Lipinski definition) is 1. The van der Waals surface area contributed by atoms with Crippen LogP contribution in [0.25, 0.3) is 0 Å². The van der Waals surface area contributed by atoms with E-state index in [0.717, 1.165) is 6.20 Å². The Kier molecular flexibility index (Phi) is 5.84. The average Bonchev–Trinajstić information content (AvgIpc) is 2.87. The topological polar surface area (TPSA) is 112 Å². The minimum atomic E-state index is -3.23. The largest absolute Gasteiger partial charge is 0.488 e. The molecule has 0 unspecified atom stereocenters. The van der Waals surface area contributed by atoms with E-state index in [1.165, 1.54) is 12.1 Å². The molecule has 2 aromatic rings. The molecule has 1 aromatic heterocycles. The highest BCUT2D eigenvalue weighted by Crippen LogP contribution is 2.47. The number of pyridine rings is 1. The molecule has 2 aliphatic rings. The lowest BCUT2D eigenvalue weighted by atomic mass is 9.94. The maximum absolute atomic E-state index is 12.9. The van der Waals surface area contributed by atoms with E-state index < -0.39 is 33.2 Å². The van der Waals surface area contributed by atoms with Crippen molar-refractivity contribution in [3.05, 3.63) is 49.9 Å². The zero-order valence-corrected chi connectivity index (χ0v) is 18.5. The molecule has 0 bridgehead atoms. The molecular formula is C19H15Cl2F2NO7S. The highest BCUT2D eigenvalue weighted by Gasteiger charge is 2.51. The molecule has 172 valence electrons. The van der Waals surface area contributed by atoms with Crippen LogP contribution in [0, 0.1) is 5.41 Å². The van der Waals surface area contributed by atoms with E-state index in [2.05, 4.69) is 9.72 Å². The van der Waals surface area contributed by atoms with Gasteiger partial charge in [-0.3, -0.25) is 9.59 Å². The minimum absolute atomic E-state index is 0.0326. The summed E-state index contributed by atoms with van der Waals surface area (Å²) in [4.78, 5) is 26.9. The van der Waals surface area contributed by atoms with Gasteiger partial charge in [0.2, 0.25) is 5.75 Å². The first-order valence-corrected chi connectivity index (χ1v) is 11.7. The molecule has 4 rings (SSSR count). The third-order valence-corrected chi connectivity index (χ3v) is 7.85. The van der Waals surface area contributed by atoms with Gasteiger partial charge in [-0.05, 0) is 6.07 Å². The van der Waals surface area contributed by atoms with E-state index in [1.54, 1.807) is 0 Å². The van der Waals surface area contributed by atoms with Gasteiger partial charge in [-0.1, -0.05) is 29.3 Å². The summed E-state index contributed by atoms with van der Waals surface area (Å²) in [5.74, 6) is -1.49. The molecule has 32 heavy (non-hydrogen) atoms. The summed E-state index contributed by atoms with van der Waals surface area (Å²) in [6.07, 6.45) is 0.776. The molecular weight excluding hydrogens is 495 g/mol. The zero-order chi connectivity index (χ0) is 23.3. The number of aromatic nitrogens is 1. The first kappa shape index (κ1) is 22.8. The number of rotatable bonds is 5. The molecule has 1 aromatic carbocycles. The summed E-state index contributed by atoms with van der Waals surface area (Å²) in [7, 11) is -3.23. The molecule has 1 saturated heterocycles. The van der Waals surface area contributed by atoms with Gasteiger partial charge in [0, 0.05) is 18.2 Å². The molecule has 8 nitrogen and oxygen atoms in total. The molecule has 0 aliphatic carbocycles. The van der Waals surface area contributed by atoms with Crippen molar-refractivity contribution in [2.24, 2.45) is 5.41 Å². The Labute approximate surface area is 190 Å². The van der Waals surface area contributed by atoms with Crippen LogP contribution in [-0.4, -0.2) is 50.5 Å². The van der Waals surface area contributed by atoms with Crippen LogP contribution in [0.5, 0.6) is 17.2 Å². The number of ketones is 1. The third-order valence-electron chi connectivity index (χ3n) is 5.09. The molecule has 2 aliphatic heterocycles. The zero-order valence-electron chi connectivity index (χ0n) is 16.1. The van der Waals surface area contributed by atoms with E-state index in [-0.39, 0.29) is 69.6 Å². The molecule has 13 heteroatoms. The van der Waals surface area contributed by atoms with Gasteiger partial charge in [-0.25, -0.2) is 8.42 Å². The SMILES string of the molecule is O=C(Cc1ccc(OC(F)F)c2c1OCC1(CO2)CS(=O)(=O)C1)c1c(Cl)c[nH]c(=O)c1Cl. The lowest BCUT2D eigenvalue weighted by Gasteiger charge is -2.38. The predicted octanol–water partition coefficient (Wildman–Crippen LogP) is 2.89. The van der Waals surface area contributed by atoms with E-state index in [0.29, 0.717) is 0 Å². The summed E-state index contributed by atoms with van der Waals surface area (Å²) in [6, 6.07) is 2.52. The number of H-pyrrole nitrogens is 1. The second-order valence-corrected chi connectivity index (χ2v) is 10.5. The molecule has 0 atom stereocenters. The Morgan fingerprint density at radius 1 is 1.19 bits per heavy atom. The van der Waals surface area contributed by atoms with Crippen molar-refractivity contribution in [2.45, 2.75) is 13.0 Å². The first-order chi connectivity index (χ1) is 15.0. The summed E-state index contributed by atoms with van der Waals surface area (Å²) >= 11 is 12.0. The van der Waals surface area contributed by atoms with Gasteiger partial charge in [-0.15, -0.1) is 0 Å². The maximum Gasteiger partial charge on any atom is 0.387 e. The quantitative estimate of drug-likeness (QED) is 0.616. The monoisotopic (exact) mass is 509 g/mol. The molecule has 1 N–H and O–H groups in total. The van der Waals surface area contributed by atoms with Crippen LogP contribution in [0.1, 0.15) is 15.9 Å². The Balaban J connectivity index is 1.70. The van der Waals surface area contributed by atoms with Crippen molar-refractivity contribution in [1.82, 2.24) is 4.98 Å². The highest BCUT2D eigenvalue weighted by molar-refractivity contribution is 7.92. The van der Waals surface area contributed by atoms with Gasteiger partial charge in [0.1, 0.15) is 5.02 Å². The smallest absolute Gasteiger partial charge is 0.387 e. The average molecular weight is 510 g/mol. The Bertz CT molecular complexity index is 1250. The molecule has 3 heterocycles. The number of aromatic amines is 1. The van der Waals surface area contributed by atoms with Crippen molar-refractivity contribution >= 4 is 38.8 Å². The number of Topliss-reactive ketones (excluding diaryl/α,β-unsaturated/α-hetero) is 1. The highest BCUT2D eigenvalue weighted by atomic mass is 35.5. The Morgan fingerprint density at radius 3 is 2.47 bits per heavy atom. The van der Waals surface area contributed by atoms with Crippen LogP contribution >= 0.6 is 23.2 Å². The number of sulfone groups is 1. The number of ether oxygens (including phenoxy) is 3. The lowest BCUT2D eigenvalue weighted by Crippen LogP contribution is -2.55. The normalized spacial score (nSPS) is 18.2. The Morgan fingerprint density at radius 2 is 1.84 bits per heavy atom. The third kappa shape index (κ3) is 4.28. The standard InChI is InChI=1S/C19H15Cl2F2NO7S/c20-10-4-24-17(26)14(21)13(10)11(25)3-9-1-2-12(31-18(22)23)16-15(9)29-5-19(6-30-16)7-32(27,28)8-19/h1-2,4,18H,3,5-8H2,(H,24,26). The molecule has 0 saturated carbocycles. The van der Waals surface area contributed by atoms with Crippen LogP contribution in [0.15, 0.2) is 23.1 Å². The minimum Gasteiger partial charge on any atom is -0.488 e. The number of hydrogen-bond acceptors (Lipinski definition) is 7. The number of benzene rings is 1. The lowest BCUT2D eigenvalue weighted by molar-refractivity contribution is -0.0517. The van der Waals surface area contributed by atoms with Crippen LogP contribution < -0.4 is 19.8 Å². The van der Waals surface area contributed by atoms with Gasteiger partial charge >= 0.3 is 6.61 Å². The van der Waals surface area contributed by atoms with Gasteiger partial charge in [0.25, 0.3) is 5.56 Å². The van der Waals surface area contributed by atoms with Gasteiger partial charge in [0.05, 0.1) is 40.7 Å². The maximum atomic E-state index is 12.9. The number of fused-ring (bicyclic) bond motifs is 1. The van der Waals surface area contributed by atoms with E-state index in [4.69, 9.17) is 32.7 Å². The molecule has 1 fully saturated rings. The van der Waals surface area contributed by atoms with Crippen LogP contribution in [0.2, 0.25) is 10.0 Å². The molecule has 0 amide bonds. The second-order valence-electron chi connectivity index (χ2n) is 7.62. The van der Waals surface area contributed by atoms with Crippen LogP contribution in [-0.2, 0) is 16.3 Å². The van der Waals surface area contributed by atoms with Crippen molar-refractivity contribution in [3.8, 4) is 17.2 Å². The van der Waals surface area contributed by atoms with Gasteiger partial charge in [0.15, 0.2) is 27.1 Å². The van der Waals surface area contributed by atoms with E-state index >= 15 is 0 Å². The van der Waals surface area contributed by atoms with Crippen LogP contribution in [0.3, 0.4) is 0 Å². The number of nitrogens with one attached hydrogen (secondary N) is 1. The number of carbonyl (C=O) groups is 1. The van der Waals surface area contributed by atoms with E-state index in [9.17, 15) is 26.8 Å². The number of carbonyl (C=O) groups excluding carboxylic acids is 1. The fourth-order valence-corrected chi connectivity index (χ4v) is 6.44. The predicted molar refractivity (Wildman–Crippen MR) is 110 cm³/mol. The molecule has 1 spiro atoms. The summed E-state index contributed by atoms with van der Waals surface area (Å²) in [6.45, 7) is -3.31. The van der Waals surface area contributed by atoms with Gasteiger partial charge in [-0.2, -0.15) is 8.78 Å². The van der Waals surface area contributed by atoms with Crippen molar-refractivity contribution < 1.29 is 36.2 Å². The summed E-state index contributed by atoms with van der Waals surface area (Å²) in [5.41, 5.74) is -1.50.